The lowest BCUT2D eigenvalue weighted by Crippen LogP contribution is -2.21. The predicted molar refractivity (Wildman–Crippen MR) is 87.0 cm³/mol. The molecule has 0 aliphatic carbocycles. The Kier molecular flexibility index (Phi) is 5.94. The Morgan fingerprint density at radius 3 is 2.79 bits per heavy atom. The van der Waals surface area contributed by atoms with E-state index in [9.17, 15) is 0 Å². The summed E-state index contributed by atoms with van der Waals surface area (Å²) < 4.78 is 1.14. The van der Waals surface area contributed by atoms with Gasteiger partial charge in [-0.15, -0.1) is 21.5 Å². The number of nitrogens with zero attached hydrogens (tertiary/aromatic N) is 2. The molecule has 2 aromatic rings. The Labute approximate surface area is 130 Å². The molecule has 0 amide bonds. The van der Waals surface area contributed by atoms with Crippen molar-refractivity contribution in [1.29, 1.82) is 0 Å². The van der Waals surface area contributed by atoms with E-state index in [-0.39, 0.29) is 0 Å². The van der Waals surface area contributed by atoms with Gasteiger partial charge in [-0.3, -0.25) is 0 Å². The molecule has 0 radical (unpaired) electrons. The summed E-state index contributed by atoms with van der Waals surface area (Å²) in [4.78, 5) is 1.19. The first-order valence-corrected chi connectivity index (χ1v) is 8.86. The largest absolute Gasteiger partial charge is 0.316 e. The van der Waals surface area contributed by atoms with Crippen molar-refractivity contribution in [3.8, 4) is 9.88 Å². The van der Waals surface area contributed by atoms with Crippen molar-refractivity contribution in [3.05, 3.63) is 20.9 Å². The number of aromatic nitrogens is 2. The molecule has 0 unspecified atom stereocenters. The highest BCUT2D eigenvalue weighted by molar-refractivity contribution is 9.11. The second-order valence-corrected chi connectivity index (χ2v) is 8.33. The quantitative estimate of drug-likeness (QED) is 0.752. The molecule has 0 atom stereocenters. The fourth-order valence-corrected chi connectivity index (χ4v) is 3.96. The first-order valence-electron chi connectivity index (χ1n) is 6.44. The number of nitrogens with one attached hydrogen (secondary N) is 1. The number of halogens is 1. The summed E-state index contributed by atoms with van der Waals surface area (Å²) in [6.07, 6.45) is 2.13. The van der Waals surface area contributed by atoms with Gasteiger partial charge >= 0.3 is 0 Å². The van der Waals surface area contributed by atoms with Gasteiger partial charge in [-0.25, -0.2) is 0 Å². The van der Waals surface area contributed by atoms with E-state index in [1.807, 2.05) is 0 Å². The van der Waals surface area contributed by atoms with Crippen molar-refractivity contribution < 1.29 is 0 Å². The molecule has 0 saturated heterocycles. The normalized spacial score (nSPS) is 11.4. The van der Waals surface area contributed by atoms with Crippen molar-refractivity contribution in [3.63, 3.8) is 0 Å². The molecule has 0 fully saturated rings. The molecule has 0 aromatic carbocycles. The number of hydrogen-bond acceptors (Lipinski definition) is 5. The Balaban J connectivity index is 1.78. The summed E-state index contributed by atoms with van der Waals surface area (Å²) in [6, 6.07) is 4.14. The van der Waals surface area contributed by atoms with Crippen LogP contribution in [0.3, 0.4) is 0 Å². The summed E-state index contributed by atoms with van der Waals surface area (Å²) in [5, 5.41) is 14.1. The average Bonchev–Trinajstić information content (AvgIpc) is 2.97. The first-order chi connectivity index (χ1) is 9.15. The SMILES string of the molecule is CC(C)CNCCCc1nnc(-c2ccc(Br)s2)s1. The fraction of sp³-hybridized carbons (Fsp3) is 0.538. The molecule has 2 rings (SSSR count). The molecule has 0 aliphatic rings. The zero-order valence-corrected chi connectivity index (χ0v) is 14.4. The lowest BCUT2D eigenvalue weighted by Gasteiger charge is -2.05. The van der Waals surface area contributed by atoms with Gasteiger partial charge in [-0.1, -0.05) is 25.2 Å². The minimum absolute atomic E-state index is 0.713. The molecule has 0 saturated carbocycles. The van der Waals surface area contributed by atoms with Gasteiger partial charge in [0.25, 0.3) is 0 Å². The second-order valence-electron chi connectivity index (χ2n) is 4.81. The molecule has 19 heavy (non-hydrogen) atoms. The van der Waals surface area contributed by atoms with Gasteiger partial charge in [0, 0.05) is 6.42 Å². The van der Waals surface area contributed by atoms with Crippen molar-refractivity contribution in [1.82, 2.24) is 15.5 Å². The highest BCUT2D eigenvalue weighted by atomic mass is 79.9. The standard InChI is InChI=1S/C13H18BrN3S2/c1-9(2)8-15-7-3-4-12-16-17-13(19-12)10-5-6-11(14)18-10/h5-6,9,15H,3-4,7-8H2,1-2H3. The molecule has 3 nitrogen and oxygen atoms in total. The maximum atomic E-state index is 4.27. The molecule has 104 valence electrons. The molecule has 0 bridgehead atoms. The first kappa shape index (κ1) is 15.1. The minimum atomic E-state index is 0.713. The van der Waals surface area contributed by atoms with Crippen LogP contribution in [0.1, 0.15) is 25.3 Å². The van der Waals surface area contributed by atoms with E-state index < -0.39 is 0 Å². The zero-order chi connectivity index (χ0) is 13.7. The lowest BCUT2D eigenvalue weighted by molar-refractivity contribution is 0.542. The van der Waals surface area contributed by atoms with E-state index >= 15 is 0 Å². The van der Waals surface area contributed by atoms with Gasteiger partial charge < -0.3 is 5.32 Å². The van der Waals surface area contributed by atoms with Gasteiger partial charge in [0.2, 0.25) is 0 Å². The number of aryl methyl sites for hydroxylation is 1. The van der Waals surface area contributed by atoms with E-state index in [2.05, 4.69) is 57.4 Å². The molecule has 0 spiro atoms. The van der Waals surface area contributed by atoms with E-state index in [4.69, 9.17) is 0 Å². The molecular weight excluding hydrogens is 342 g/mol. The van der Waals surface area contributed by atoms with Crippen LogP contribution in [0.15, 0.2) is 15.9 Å². The van der Waals surface area contributed by atoms with Gasteiger partial charge in [0.1, 0.15) is 5.01 Å². The monoisotopic (exact) mass is 359 g/mol. The van der Waals surface area contributed by atoms with Gasteiger partial charge in [-0.2, -0.15) is 0 Å². The van der Waals surface area contributed by atoms with Gasteiger partial charge in [0.05, 0.1) is 8.66 Å². The summed E-state index contributed by atoms with van der Waals surface area (Å²) >= 11 is 6.88. The zero-order valence-electron chi connectivity index (χ0n) is 11.1. The summed E-state index contributed by atoms with van der Waals surface area (Å²) in [5.41, 5.74) is 0. The third kappa shape index (κ3) is 4.95. The Morgan fingerprint density at radius 2 is 2.11 bits per heavy atom. The van der Waals surface area contributed by atoms with Crippen molar-refractivity contribution in [2.24, 2.45) is 5.92 Å². The predicted octanol–water partition coefficient (Wildman–Crippen LogP) is 4.21. The van der Waals surface area contributed by atoms with Crippen LogP contribution in [-0.4, -0.2) is 23.3 Å². The third-order valence-corrected chi connectivity index (χ3v) is 5.32. The van der Waals surface area contributed by atoms with E-state index in [0.717, 1.165) is 39.7 Å². The smallest absolute Gasteiger partial charge is 0.157 e. The van der Waals surface area contributed by atoms with Crippen LogP contribution >= 0.6 is 38.6 Å². The molecule has 0 aliphatic heterocycles. The fourth-order valence-electron chi connectivity index (χ4n) is 1.64. The molecule has 1 N–H and O–H groups in total. The number of rotatable bonds is 7. The van der Waals surface area contributed by atoms with Crippen molar-refractivity contribution in [2.75, 3.05) is 13.1 Å². The summed E-state index contributed by atoms with van der Waals surface area (Å²) in [7, 11) is 0. The average molecular weight is 360 g/mol. The molecule has 6 heteroatoms. The van der Waals surface area contributed by atoms with Crippen molar-refractivity contribution in [2.45, 2.75) is 26.7 Å². The van der Waals surface area contributed by atoms with Crippen LogP contribution in [0.2, 0.25) is 0 Å². The van der Waals surface area contributed by atoms with Crippen LogP contribution in [-0.2, 0) is 6.42 Å². The second kappa shape index (κ2) is 7.47. The summed E-state index contributed by atoms with van der Waals surface area (Å²) in [5.74, 6) is 0.713. The topological polar surface area (TPSA) is 37.8 Å². The minimum Gasteiger partial charge on any atom is -0.316 e. The maximum Gasteiger partial charge on any atom is 0.157 e. The van der Waals surface area contributed by atoms with Crippen LogP contribution < -0.4 is 5.32 Å². The molecule has 2 heterocycles. The van der Waals surface area contributed by atoms with Gasteiger partial charge in [-0.05, 0) is 53.5 Å². The maximum absolute atomic E-state index is 4.27. The highest BCUT2D eigenvalue weighted by Crippen LogP contribution is 2.33. The molecular formula is C13H18BrN3S2. The van der Waals surface area contributed by atoms with E-state index in [1.54, 1.807) is 22.7 Å². The number of hydrogen-bond donors (Lipinski definition) is 1. The lowest BCUT2D eigenvalue weighted by atomic mass is 10.2. The Bertz CT molecular complexity index is 507. The Hall–Kier alpha value is -0.300. The summed E-state index contributed by atoms with van der Waals surface area (Å²) in [6.45, 7) is 6.59. The molecule has 2 aromatic heterocycles. The highest BCUT2D eigenvalue weighted by Gasteiger charge is 2.08. The van der Waals surface area contributed by atoms with Gasteiger partial charge in [0.15, 0.2) is 5.01 Å². The number of thiophene rings is 1. The van der Waals surface area contributed by atoms with Crippen LogP contribution in [0.5, 0.6) is 0 Å². The van der Waals surface area contributed by atoms with Crippen LogP contribution in [0, 0.1) is 5.92 Å². The van der Waals surface area contributed by atoms with Crippen molar-refractivity contribution >= 4 is 38.6 Å². The van der Waals surface area contributed by atoms with E-state index in [0.29, 0.717) is 5.92 Å². The van der Waals surface area contributed by atoms with E-state index in [1.165, 1.54) is 4.88 Å². The third-order valence-electron chi connectivity index (χ3n) is 2.55. The van der Waals surface area contributed by atoms with Crippen LogP contribution in [0.4, 0.5) is 0 Å². The Morgan fingerprint density at radius 1 is 1.26 bits per heavy atom. The van der Waals surface area contributed by atoms with Crippen LogP contribution in [0.25, 0.3) is 9.88 Å².